The molecule has 4 nitrogen and oxygen atoms in total. The van der Waals surface area contributed by atoms with Crippen molar-refractivity contribution < 1.29 is 20.1 Å². The molecule has 0 heterocycles. The molecule has 3 atom stereocenters. The molecule has 0 saturated carbocycles. The number of hydrogen-bond donors (Lipinski definition) is 3. The molecular formula is C21H40O4. The van der Waals surface area contributed by atoms with Crippen molar-refractivity contribution in [2.24, 2.45) is 5.92 Å². The molecular weight excluding hydrogens is 316 g/mol. The first kappa shape index (κ1) is 24.1. The summed E-state index contributed by atoms with van der Waals surface area (Å²) in [5, 5.41) is 28.4. The zero-order valence-corrected chi connectivity index (χ0v) is 16.3. The van der Waals surface area contributed by atoms with E-state index in [1.165, 1.54) is 25.7 Å². The van der Waals surface area contributed by atoms with Crippen LogP contribution in [-0.2, 0) is 4.79 Å². The van der Waals surface area contributed by atoms with Crippen LogP contribution < -0.4 is 0 Å². The number of rotatable bonds is 17. The van der Waals surface area contributed by atoms with Crippen LogP contribution in [0, 0.1) is 5.92 Å². The second-order valence-corrected chi connectivity index (χ2v) is 7.23. The van der Waals surface area contributed by atoms with Gasteiger partial charge in [-0.25, -0.2) is 0 Å². The lowest BCUT2D eigenvalue weighted by atomic mass is 9.91. The third-order valence-electron chi connectivity index (χ3n) is 4.72. The standard InChI is InChI=1S/C21H40O4/c1-3-4-5-9-12-15-19(21(25)18(2)22)16-13-10-7-6-8-11-14-17-20(23)24/h13,16,18-19,21-22,25H,3-12,14-15,17H2,1-2H3,(H,23,24). The molecule has 0 saturated heterocycles. The summed E-state index contributed by atoms with van der Waals surface area (Å²) in [6.07, 6.45) is 16.1. The SMILES string of the molecule is CCCCCCCC(C=CCCCCCCCC(=O)O)C(O)C(C)O. The Morgan fingerprint density at radius 1 is 0.920 bits per heavy atom. The van der Waals surface area contributed by atoms with E-state index in [0.29, 0.717) is 0 Å². The number of aliphatic hydroxyl groups excluding tert-OH is 2. The molecule has 4 heteroatoms. The van der Waals surface area contributed by atoms with Crippen molar-refractivity contribution in [2.75, 3.05) is 0 Å². The van der Waals surface area contributed by atoms with E-state index in [0.717, 1.165) is 51.4 Å². The van der Waals surface area contributed by atoms with Crippen LogP contribution in [0.2, 0.25) is 0 Å². The summed E-state index contributed by atoms with van der Waals surface area (Å²) in [4.78, 5) is 10.4. The lowest BCUT2D eigenvalue weighted by Crippen LogP contribution is -2.30. The van der Waals surface area contributed by atoms with Gasteiger partial charge in [-0.1, -0.05) is 70.4 Å². The van der Waals surface area contributed by atoms with E-state index in [2.05, 4.69) is 19.1 Å². The van der Waals surface area contributed by atoms with Crippen LogP contribution in [0.4, 0.5) is 0 Å². The summed E-state index contributed by atoms with van der Waals surface area (Å²) in [6, 6.07) is 0. The Kier molecular flexibility index (Phi) is 16.0. The van der Waals surface area contributed by atoms with Crippen molar-refractivity contribution in [3.8, 4) is 0 Å². The summed E-state index contributed by atoms with van der Waals surface area (Å²) in [6.45, 7) is 3.86. The fourth-order valence-electron chi connectivity index (χ4n) is 3.06. The molecule has 0 aromatic carbocycles. The van der Waals surface area contributed by atoms with Crippen LogP contribution in [0.15, 0.2) is 12.2 Å². The molecule has 0 fully saturated rings. The summed E-state index contributed by atoms with van der Waals surface area (Å²) in [5.74, 6) is -0.669. The van der Waals surface area contributed by atoms with Crippen molar-refractivity contribution in [1.82, 2.24) is 0 Å². The van der Waals surface area contributed by atoms with Gasteiger partial charge in [0.05, 0.1) is 12.2 Å². The van der Waals surface area contributed by atoms with Gasteiger partial charge in [0, 0.05) is 12.3 Å². The van der Waals surface area contributed by atoms with Gasteiger partial charge in [-0.2, -0.15) is 0 Å². The van der Waals surface area contributed by atoms with Crippen LogP contribution >= 0.6 is 0 Å². The molecule has 0 aliphatic rings. The Balaban J connectivity index is 3.94. The van der Waals surface area contributed by atoms with Gasteiger partial charge < -0.3 is 15.3 Å². The van der Waals surface area contributed by atoms with E-state index in [4.69, 9.17) is 5.11 Å². The number of aliphatic hydroxyl groups is 2. The number of carboxylic acid groups (broad SMARTS) is 1. The normalized spacial score (nSPS) is 15.4. The second kappa shape index (κ2) is 16.6. The van der Waals surface area contributed by atoms with Crippen molar-refractivity contribution in [3.05, 3.63) is 12.2 Å². The molecule has 0 radical (unpaired) electrons. The summed E-state index contributed by atoms with van der Waals surface area (Å²) >= 11 is 0. The highest BCUT2D eigenvalue weighted by molar-refractivity contribution is 5.66. The van der Waals surface area contributed by atoms with Gasteiger partial charge in [0.25, 0.3) is 0 Å². The maximum atomic E-state index is 10.4. The zero-order valence-electron chi connectivity index (χ0n) is 16.3. The number of carboxylic acids is 1. The molecule has 0 aromatic rings. The smallest absolute Gasteiger partial charge is 0.303 e. The highest BCUT2D eigenvalue weighted by Crippen LogP contribution is 2.20. The molecule has 148 valence electrons. The Morgan fingerprint density at radius 2 is 1.52 bits per heavy atom. The van der Waals surface area contributed by atoms with Gasteiger partial charge in [-0.05, 0) is 32.6 Å². The quantitative estimate of drug-likeness (QED) is 0.251. The summed E-state index contributed by atoms with van der Waals surface area (Å²) < 4.78 is 0. The van der Waals surface area contributed by atoms with Gasteiger partial charge in [0.1, 0.15) is 0 Å². The van der Waals surface area contributed by atoms with Crippen molar-refractivity contribution in [3.63, 3.8) is 0 Å². The van der Waals surface area contributed by atoms with Crippen LogP contribution in [0.5, 0.6) is 0 Å². The molecule has 3 N–H and O–H groups in total. The summed E-state index contributed by atoms with van der Waals surface area (Å²) in [5.41, 5.74) is 0. The minimum Gasteiger partial charge on any atom is -0.481 e. The predicted molar refractivity (Wildman–Crippen MR) is 104 cm³/mol. The first-order valence-electron chi connectivity index (χ1n) is 10.2. The Morgan fingerprint density at radius 3 is 2.16 bits per heavy atom. The topological polar surface area (TPSA) is 77.8 Å². The zero-order chi connectivity index (χ0) is 18.9. The minimum atomic E-state index is -0.708. The molecule has 0 spiro atoms. The number of hydrogen-bond acceptors (Lipinski definition) is 3. The molecule has 0 rings (SSSR count). The molecule has 0 bridgehead atoms. The first-order valence-corrected chi connectivity index (χ1v) is 10.2. The van der Waals surface area contributed by atoms with Crippen LogP contribution in [-0.4, -0.2) is 33.5 Å². The van der Waals surface area contributed by atoms with Crippen LogP contribution in [0.1, 0.15) is 97.3 Å². The minimum absolute atomic E-state index is 0.0391. The average Bonchev–Trinajstić information content (AvgIpc) is 2.57. The van der Waals surface area contributed by atoms with Crippen molar-refractivity contribution >= 4 is 5.97 Å². The van der Waals surface area contributed by atoms with Crippen LogP contribution in [0.3, 0.4) is 0 Å². The molecule has 25 heavy (non-hydrogen) atoms. The Labute approximate surface area is 154 Å². The molecule has 0 aliphatic carbocycles. The number of unbranched alkanes of at least 4 members (excludes halogenated alkanes) is 9. The van der Waals surface area contributed by atoms with Gasteiger partial charge in [0.2, 0.25) is 0 Å². The number of allylic oxidation sites excluding steroid dienone is 1. The van der Waals surface area contributed by atoms with E-state index in [1.54, 1.807) is 6.92 Å². The number of carbonyl (C=O) groups is 1. The van der Waals surface area contributed by atoms with Crippen molar-refractivity contribution in [1.29, 1.82) is 0 Å². The van der Waals surface area contributed by atoms with Crippen molar-refractivity contribution in [2.45, 2.75) is 110 Å². The highest BCUT2D eigenvalue weighted by atomic mass is 16.4. The molecule has 0 aromatic heterocycles. The first-order chi connectivity index (χ1) is 12.0. The molecule has 0 amide bonds. The predicted octanol–water partition coefficient (Wildman–Crippen LogP) is 5.08. The van der Waals surface area contributed by atoms with Gasteiger partial charge in [0.15, 0.2) is 0 Å². The molecule has 3 unspecified atom stereocenters. The molecule has 0 aliphatic heterocycles. The van der Waals surface area contributed by atoms with E-state index in [1.807, 2.05) is 0 Å². The maximum Gasteiger partial charge on any atom is 0.303 e. The average molecular weight is 357 g/mol. The van der Waals surface area contributed by atoms with Gasteiger partial charge in [-0.3, -0.25) is 4.79 Å². The van der Waals surface area contributed by atoms with Gasteiger partial charge >= 0.3 is 5.97 Å². The fraction of sp³-hybridized carbons (Fsp3) is 0.857. The second-order valence-electron chi connectivity index (χ2n) is 7.23. The number of aliphatic carboxylic acids is 1. The van der Waals surface area contributed by atoms with E-state index >= 15 is 0 Å². The fourth-order valence-corrected chi connectivity index (χ4v) is 3.06. The Bertz CT molecular complexity index is 339. The Hall–Kier alpha value is -0.870. The summed E-state index contributed by atoms with van der Waals surface area (Å²) in [7, 11) is 0. The lowest BCUT2D eigenvalue weighted by Gasteiger charge is -2.22. The van der Waals surface area contributed by atoms with Gasteiger partial charge in [-0.15, -0.1) is 0 Å². The third kappa shape index (κ3) is 15.1. The lowest BCUT2D eigenvalue weighted by molar-refractivity contribution is -0.137. The van der Waals surface area contributed by atoms with E-state index in [-0.39, 0.29) is 12.3 Å². The highest BCUT2D eigenvalue weighted by Gasteiger charge is 2.20. The monoisotopic (exact) mass is 356 g/mol. The van der Waals surface area contributed by atoms with Crippen LogP contribution in [0.25, 0.3) is 0 Å². The maximum absolute atomic E-state index is 10.4. The largest absolute Gasteiger partial charge is 0.481 e. The van der Waals surface area contributed by atoms with E-state index in [9.17, 15) is 15.0 Å². The third-order valence-corrected chi connectivity index (χ3v) is 4.72. The van der Waals surface area contributed by atoms with E-state index < -0.39 is 18.2 Å².